The molecule has 6 nitrogen and oxygen atoms in total. The number of nitrogens with one attached hydrogen (secondary N) is 1. The fourth-order valence-corrected chi connectivity index (χ4v) is 1.61. The van der Waals surface area contributed by atoms with Gasteiger partial charge in [-0.25, -0.2) is 4.79 Å². The molecular formula is C14H18N2O4. The number of rotatable bonds is 7. The fraction of sp³-hybridized carbons (Fsp3) is 0.429. The summed E-state index contributed by atoms with van der Waals surface area (Å²) < 4.78 is 4.63. The molecule has 0 saturated carbocycles. The second-order valence-corrected chi connectivity index (χ2v) is 4.22. The van der Waals surface area contributed by atoms with E-state index >= 15 is 0 Å². The van der Waals surface area contributed by atoms with E-state index in [0.29, 0.717) is 12.0 Å². The Hall–Kier alpha value is -2.24. The molecule has 20 heavy (non-hydrogen) atoms. The Bertz CT molecular complexity index is 473. The van der Waals surface area contributed by atoms with Crippen molar-refractivity contribution in [3.63, 3.8) is 0 Å². The number of methoxy groups -OCH3 is 1. The molecule has 0 unspecified atom stereocenters. The highest BCUT2D eigenvalue weighted by Gasteiger charge is 2.22. The Morgan fingerprint density at radius 3 is 2.70 bits per heavy atom. The Morgan fingerprint density at radius 2 is 2.15 bits per heavy atom. The number of hydrogen-bond donors (Lipinski definition) is 1. The molecular weight excluding hydrogens is 260 g/mol. The fourth-order valence-electron chi connectivity index (χ4n) is 1.61. The molecule has 1 amide bonds. The summed E-state index contributed by atoms with van der Waals surface area (Å²) in [6.45, 7) is 1.75. The van der Waals surface area contributed by atoms with Crippen molar-refractivity contribution in [3.8, 4) is 0 Å². The van der Waals surface area contributed by atoms with Crippen molar-refractivity contribution < 1.29 is 19.1 Å². The average molecular weight is 278 g/mol. The summed E-state index contributed by atoms with van der Waals surface area (Å²) in [5.74, 6) is -0.946. The number of aromatic nitrogens is 1. The summed E-state index contributed by atoms with van der Waals surface area (Å²) in [6, 6.07) is 2.39. The second-order valence-electron chi connectivity index (χ2n) is 4.22. The van der Waals surface area contributed by atoms with Crippen LogP contribution < -0.4 is 5.32 Å². The van der Waals surface area contributed by atoms with E-state index in [1.807, 2.05) is 0 Å². The number of amides is 1. The van der Waals surface area contributed by atoms with Gasteiger partial charge in [-0.2, -0.15) is 0 Å². The summed E-state index contributed by atoms with van der Waals surface area (Å²) in [5, 5.41) is 2.56. The van der Waals surface area contributed by atoms with Crippen LogP contribution in [0.3, 0.4) is 0 Å². The van der Waals surface area contributed by atoms with E-state index in [9.17, 15) is 14.4 Å². The Labute approximate surface area is 117 Å². The van der Waals surface area contributed by atoms with E-state index in [4.69, 9.17) is 0 Å². The summed E-state index contributed by atoms with van der Waals surface area (Å²) in [5.41, 5.74) is 0.350. The van der Waals surface area contributed by atoms with Crippen LogP contribution in [-0.4, -0.2) is 35.8 Å². The first kappa shape index (κ1) is 15.8. The quantitative estimate of drug-likeness (QED) is 0.755. The first-order chi connectivity index (χ1) is 9.58. The van der Waals surface area contributed by atoms with Gasteiger partial charge in [-0.1, -0.05) is 6.92 Å². The van der Waals surface area contributed by atoms with Crippen molar-refractivity contribution in [3.05, 3.63) is 30.1 Å². The maximum atomic E-state index is 11.9. The standard InChI is InChI=1S/C14H18N2O4/c1-3-11(17)6-7-12(14(19)20-2)16-13(18)10-5-4-8-15-9-10/h4-5,8-9,12H,3,6-7H2,1-2H3,(H,16,18)/t12-/m1/s1. The van der Waals surface area contributed by atoms with Crippen LogP contribution in [0.2, 0.25) is 0 Å². The minimum absolute atomic E-state index is 0.0366. The number of esters is 1. The largest absolute Gasteiger partial charge is 0.467 e. The van der Waals surface area contributed by atoms with Crippen LogP contribution in [0.25, 0.3) is 0 Å². The summed E-state index contributed by atoms with van der Waals surface area (Å²) in [4.78, 5) is 38.7. The number of Topliss-reactive ketones (excluding diaryl/α,β-unsaturated/α-hetero) is 1. The molecule has 6 heteroatoms. The Morgan fingerprint density at radius 1 is 1.40 bits per heavy atom. The highest BCUT2D eigenvalue weighted by atomic mass is 16.5. The maximum absolute atomic E-state index is 11.9. The average Bonchev–Trinajstić information content (AvgIpc) is 2.50. The van der Waals surface area contributed by atoms with E-state index in [2.05, 4.69) is 15.0 Å². The van der Waals surface area contributed by atoms with Crippen LogP contribution in [0.5, 0.6) is 0 Å². The minimum atomic E-state index is -0.830. The molecule has 0 aliphatic carbocycles. The third kappa shape index (κ3) is 4.79. The normalized spacial score (nSPS) is 11.5. The molecule has 0 bridgehead atoms. The van der Waals surface area contributed by atoms with E-state index in [-0.39, 0.29) is 18.6 Å². The first-order valence-corrected chi connectivity index (χ1v) is 6.38. The van der Waals surface area contributed by atoms with Gasteiger partial charge < -0.3 is 10.1 Å². The van der Waals surface area contributed by atoms with Gasteiger partial charge in [0.2, 0.25) is 0 Å². The van der Waals surface area contributed by atoms with E-state index in [1.54, 1.807) is 25.3 Å². The first-order valence-electron chi connectivity index (χ1n) is 6.38. The third-order valence-electron chi connectivity index (χ3n) is 2.82. The van der Waals surface area contributed by atoms with Crippen molar-refractivity contribution >= 4 is 17.7 Å². The second kappa shape index (κ2) is 8.04. The molecule has 1 N–H and O–H groups in total. The van der Waals surface area contributed by atoms with Gasteiger partial charge in [0.05, 0.1) is 12.7 Å². The van der Waals surface area contributed by atoms with Gasteiger partial charge in [-0.05, 0) is 18.6 Å². The Kier molecular flexibility index (Phi) is 6.36. The van der Waals surface area contributed by atoms with Crippen LogP contribution in [0, 0.1) is 0 Å². The molecule has 1 rings (SSSR count). The maximum Gasteiger partial charge on any atom is 0.328 e. The number of ether oxygens (including phenoxy) is 1. The molecule has 1 aromatic rings. The number of hydrogen-bond acceptors (Lipinski definition) is 5. The summed E-state index contributed by atoms with van der Waals surface area (Å²) in [6.07, 6.45) is 3.81. The lowest BCUT2D eigenvalue weighted by Crippen LogP contribution is -2.41. The minimum Gasteiger partial charge on any atom is -0.467 e. The van der Waals surface area contributed by atoms with Crippen LogP contribution in [0.15, 0.2) is 24.5 Å². The molecule has 0 aromatic carbocycles. The number of carbonyl (C=O) groups excluding carboxylic acids is 3. The highest BCUT2D eigenvalue weighted by Crippen LogP contribution is 2.05. The van der Waals surface area contributed by atoms with Crippen LogP contribution in [-0.2, 0) is 14.3 Å². The van der Waals surface area contributed by atoms with Crippen molar-refractivity contribution in [1.29, 1.82) is 0 Å². The van der Waals surface area contributed by atoms with Gasteiger partial charge >= 0.3 is 5.97 Å². The van der Waals surface area contributed by atoms with E-state index < -0.39 is 17.9 Å². The smallest absolute Gasteiger partial charge is 0.328 e. The molecule has 0 saturated heterocycles. The topological polar surface area (TPSA) is 85.4 Å². The van der Waals surface area contributed by atoms with Gasteiger partial charge in [-0.15, -0.1) is 0 Å². The lowest BCUT2D eigenvalue weighted by molar-refractivity contribution is -0.143. The van der Waals surface area contributed by atoms with Crippen LogP contribution in [0.4, 0.5) is 0 Å². The molecule has 0 aliphatic rings. The van der Waals surface area contributed by atoms with E-state index in [0.717, 1.165) is 0 Å². The molecule has 1 heterocycles. The third-order valence-corrected chi connectivity index (χ3v) is 2.82. The van der Waals surface area contributed by atoms with Gasteiger partial charge in [-0.3, -0.25) is 14.6 Å². The molecule has 0 radical (unpaired) electrons. The van der Waals surface area contributed by atoms with Gasteiger partial charge in [0.25, 0.3) is 5.91 Å². The predicted octanol–water partition coefficient (Wildman–Crippen LogP) is 1.11. The number of ketones is 1. The number of carbonyl (C=O) groups is 3. The van der Waals surface area contributed by atoms with Crippen molar-refractivity contribution in [2.75, 3.05) is 7.11 Å². The highest BCUT2D eigenvalue weighted by molar-refractivity contribution is 5.96. The SMILES string of the molecule is CCC(=O)CC[C@@H](NC(=O)c1cccnc1)C(=O)OC. The summed E-state index contributed by atoms with van der Waals surface area (Å²) in [7, 11) is 1.24. The Balaban J connectivity index is 2.67. The lowest BCUT2D eigenvalue weighted by Gasteiger charge is -2.15. The zero-order chi connectivity index (χ0) is 15.0. The van der Waals surface area contributed by atoms with Crippen LogP contribution in [0.1, 0.15) is 36.5 Å². The monoisotopic (exact) mass is 278 g/mol. The molecule has 0 aliphatic heterocycles. The zero-order valence-electron chi connectivity index (χ0n) is 11.6. The van der Waals surface area contributed by atoms with Gasteiger partial charge in [0.1, 0.15) is 11.8 Å². The molecule has 108 valence electrons. The number of nitrogens with zero attached hydrogens (tertiary/aromatic N) is 1. The van der Waals surface area contributed by atoms with Gasteiger partial charge in [0.15, 0.2) is 0 Å². The van der Waals surface area contributed by atoms with Crippen molar-refractivity contribution in [2.24, 2.45) is 0 Å². The van der Waals surface area contributed by atoms with Crippen molar-refractivity contribution in [2.45, 2.75) is 32.2 Å². The molecule has 0 fully saturated rings. The molecule has 0 spiro atoms. The van der Waals surface area contributed by atoms with E-state index in [1.165, 1.54) is 13.3 Å². The lowest BCUT2D eigenvalue weighted by atomic mass is 10.1. The van der Waals surface area contributed by atoms with Gasteiger partial charge in [0, 0.05) is 25.2 Å². The molecule has 1 atom stereocenters. The summed E-state index contributed by atoms with van der Waals surface area (Å²) >= 11 is 0. The van der Waals surface area contributed by atoms with Crippen LogP contribution >= 0.6 is 0 Å². The van der Waals surface area contributed by atoms with Crippen molar-refractivity contribution in [1.82, 2.24) is 10.3 Å². The molecule has 1 aromatic heterocycles. The predicted molar refractivity (Wildman–Crippen MR) is 72.0 cm³/mol. The number of pyridine rings is 1. The zero-order valence-corrected chi connectivity index (χ0v) is 11.6.